The summed E-state index contributed by atoms with van der Waals surface area (Å²) in [5.74, 6) is -4.11. The molecule has 0 bridgehead atoms. The summed E-state index contributed by atoms with van der Waals surface area (Å²) in [6.07, 6.45) is 2.57. The van der Waals surface area contributed by atoms with Crippen LogP contribution in [0.4, 0.5) is 4.39 Å². The number of ether oxygens (including phenoxy) is 3. The lowest BCUT2D eigenvalue weighted by atomic mass is 10.1. The number of ketones is 1. The van der Waals surface area contributed by atoms with Gasteiger partial charge in [0.1, 0.15) is 0 Å². The van der Waals surface area contributed by atoms with Crippen molar-refractivity contribution in [3.05, 3.63) is 95.9 Å². The molecule has 2 rings (SSSR count). The number of carbonyl (C=O) groups is 4. The van der Waals surface area contributed by atoms with Crippen LogP contribution in [0, 0.1) is 5.82 Å². The predicted octanol–water partition coefficient (Wildman–Crippen LogP) is 5.17. The molecule has 0 saturated heterocycles. The van der Waals surface area contributed by atoms with E-state index >= 15 is 0 Å². The Morgan fingerprint density at radius 1 is 0.714 bits per heavy atom. The molecular weight excluding hydrogens is 455 g/mol. The molecule has 2 aromatic carbocycles. The van der Waals surface area contributed by atoms with Gasteiger partial charge in [0.15, 0.2) is 28.8 Å². The molecule has 7 nitrogen and oxygen atoms in total. The molecule has 0 unspecified atom stereocenters. The van der Waals surface area contributed by atoms with Crippen molar-refractivity contribution >= 4 is 29.8 Å². The van der Waals surface area contributed by atoms with Gasteiger partial charge in [-0.15, -0.1) is 0 Å². The second-order valence-corrected chi connectivity index (χ2v) is 7.56. The van der Waals surface area contributed by atoms with Gasteiger partial charge in [0.05, 0.1) is 0 Å². The largest absolute Gasteiger partial charge is 0.420 e. The van der Waals surface area contributed by atoms with Gasteiger partial charge < -0.3 is 14.2 Å². The number of allylic oxidation sites excluding steroid dienone is 1. The molecule has 0 amide bonds. The molecule has 0 aliphatic rings. The van der Waals surface area contributed by atoms with E-state index in [0.717, 1.165) is 12.1 Å². The van der Waals surface area contributed by atoms with E-state index in [4.69, 9.17) is 14.2 Å². The summed E-state index contributed by atoms with van der Waals surface area (Å²) >= 11 is 0. The van der Waals surface area contributed by atoms with Crippen molar-refractivity contribution in [2.75, 3.05) is 0 Å². The van der Waals surface area contributed by atoms with Crippen LogP contribution in [0.5, 0.6) is 17.2 Å². The van der Waals surface area contributed by atoms with E-state index in [1.165, 1.54) is 57.2 Å². The zero-order valence-electron chi connectivity index (χ0n) is 19.5. The normalized spacial score (nSPS) is 10.4. The van der Waals surface area contributed by atoms with Gasteiger partial charge in [-0.25, -0.2) is 18.8 Å². The number of esters is 3. The average molecular weight is 478 g/mol. The van der Waals surface area contributed by atoms with Crippen molar-refractivity contribution in [3.8, 4) is 17.2 Å². The molecule has 0 aliphatic heterocycles. The fourth-order valence-corrected chi connectivity index (χ4v) is 2.36. The minimum atomic E-state index is -0.892. The third-order valence-electron chi connectivity index (χ3n) is 4.26. The van der Waals surface area contributed by atoms with Crippen molar-refractivity contribution in [1.82, 2.24) is 0 Å². The van der Waals surface area contributed by atoms with Gasteiger partial charge in [-0.2, -0.15) is 0 Å². The lowest BCUT2D eigenvalue weighted by molar-refractivity contribution is -0.132. The summed E-state index contributed by atoms with van der Waals surface area (Å²) in [6, 6.07) is 7.69. The standard InChI is InChI=1S/C27H23FO7/c1-15(2)25(30)33-22-12-9-19(14-20(22)28)21(29)10-7-18-8-11-23(34-26(31)16(3)4)24(13-18)35-27(32)17(5)6/h7-14H,1,3,5H2,2,4,6H3. The first-order chi connectivity index (χ1) is 16.4. The van der Waals surface area contributed by atoms with Crippen LogP contribution in [0.15, 0.2) is 78.9 Å². The number of hydrogen-bond acceptors (Lipinski definition) is 7. The van der Waals surface area contributed by atoms with Gasteiger partial charge >= 0.3 is 17.9 Å². The highest BCUT2D eigenvalue weighted by Gasteiger charge is 2.16. The first-order valence-corrected chi connectivity index (χ1v) is 10.2. The van der Waals surface area contributed by atoms with Crippen LogP contribution in [-0.4, -0.2) is 23.7 Å². The summed E-state index contributed by atoms with van der Waals surface area (Å²) in [5, 5.41) is 0. The lowest BCUT2D eigenvalue weighted by Crippen LogP contribution is -2.12. The summed E-state index contributed by atoms with van der Waals surface area (Å²) in [7, 11) is 0. The average Bonchev–Trinajstić information content (AvgIpc) is 2.79. The molecule has 0 fully saturated rings. The summed E-state index contributed by atoms with van der Waals surface area (Å²) in [6.45, 7) is 14.8. The molecule has 0 heterocycles. The van der Waals surface area contributed by atoms with E-state index in [1.54, 1.807) is 0 Å². The lowest BCUT2D eigenvalue weighted by Gasteiger charge is -2.11. The number of rotatable bonds is 9. The molecule has 0 N–H and O–H groups in total. The Hall–Kier alpha value is -4.59. The third-order valence-corrected chi connectivity index (χ3v) is 4.26. The van der Waals surface area contributed by atoms with Gasteiger partial charge in [-0.05, 0) is 62.7 Å². The molecule has 180 valence electrons. The van der Waals surface area contributed by atoms with Crippen LogP contribution in [0.1, 0.15) is 36.7 Å². The molecule has 35 heavy (non-hydrogen) atoms. The second kappa shape index (κ2) is 11.5. The molecule has 8 heteroatoms. The van der Waals surface area contributed by atoms with Gasteiger partial charge in [-0.1, -0.05) is 31.9 Å². The molecule has 0 saturated carbocycles. The molecule has 2 aromatic rings. The van der Waals surface area contributed by atoms with E-state index in [1.807, 2.05) is 0 Å². The maximum absolute atomic E-state index is 14.3. The topological polar surface area (TPSA) is 96.0 Å². The van der Waals surface area contributed by atoms with Gasteiger partial charge in [0, 0.05) is 22.3 Å². The monoisotopic (exact) mass is 478 g/mol. The van der Waals surface area contributed by atoms with Crippen molar-refractivity contribution in [2.24, 2.45) is 0 Å². The Morgan fingerprint density at radius 3 is 1.71 bits per heavy atom. The Bertz CT molecular complexity index is 1280. The van der Waals surface area contributed by atoms with Gasteiger partial charge in [0.25, 0.3) is 0 Å². The van der Waals surface area contributed by atoms with E-state index < -0.39 is 29.5 Å². The van der Waals surface area contributed by atoms with E-state index in [2.05, 4.69) is 19.7 Å². The molecule has 0 spiro atoms. The number of hydrogen-bond donors (Lipinski definition) is 0. The number of halogens is 1. The Labute approximate surface area is 201 Å². The highest BCUT2D eigenvalue weighted by atomic mass is 19.1. The number of benzene rings is 2. The summed E-state index contributed by atoms with van der Waals surface area (Å²) in [4.78, 5) is 47.9. The zero-order valence-corrected chi connectivity index (χ0v) is 19.5. The van der Waals surface area contributed by atoms with Crippen LogP contribution in [0.3, 0.4) is 0 Å². The van der Waals surface area contributed by atoms with Crippen LogP contribution in [0.2, 0.25) is 0 Å². The van der Waals surface area contributed by atoms with Crippen LogP contribution in [0.25, 0.3) is 6.08 Å². The first-order valence-electron chi connectivity index (χ1n) is 10.2. The second-order valence-electron chi connectivity index (χ2n) is 7.56. The number of carbonyl (C=O) groups excluding carboxylic acids is 4. The smallest absolute Gasteiger partial charge is 0.338 e. The zero-order chi connectivity index (χ0) is 26.3. The van der Waals surface area contributed by atoms with Crippen molar-refractivity contribution < 1.29 is 37.8 Å². The van der Waals surface area contributed by atoms with Crippen molar-refractivity contribution in [2.45, 2.75) is 20.8 Å². The fraction of sp³-hybridized carbons (Fsp3) is 0.111. The molecule has 0 radical (unpaired) electrons. The third kappa shape index (κ3) is 7.46. The van der Waals surface area contributed by atoms with Gasteiger partial charge in [0.2, 0.25) is 0 Å². The minimum absolute atomic E-state index is 0.00909. The Kier molecular flexibility index (Phi) is 8.77. The van der Waals surface area contributed by atoms with Crippen molar-refractivity contribution in [3.63, 3.8) is 0 Å². The van der Waals surface area contributed by atoms with Crippen LogP contribution in [-0.2, 0) is 14.4 Å². The van der Waals surface area contributed by atoms with Gasteiger partial charge in [-0.3, -0.25) is 4.79 Å². The Morgan fingerprint density at radius 2 is 1.20 bits per heavy atom. The van der Waals surface area contributed by atoms with E-state index in [0.29, 0.717) is 5.56 Å². The highest BCUT2D eigenvalue weighted by Crippen LogP contribution is 2.30. The van der Waals surface area contributed by atoms with Crippen molar-refractivity contribution in [1.29, 1.82) is 0 Å². The highest BCUT2D eigenvalue weighted by molar-refractivity contribution is 6.07. The Balaban J connectivity index is 2.27. The van der Waals surface area contributed by atoms with Crippen LogP contribution < -0.4 is 14.2 Å². The predicted molar refractivity (Wildman–Crippen MR) is 128 cm³/mol. The maximum atomic E-state index is 14.3. The maximum Gasteiger partial charge on any atom is 0.338 e. The van der Waals surface area contributed by atoms with Crippen LogP contribution >= 0.6 is 0 Å². The van der Waals surface area contributed by atoms with E-state index in [-0.39, 0.29) is 39.5 Å². The van der Waals surface area contributed by atoms with E-state index in [9.17, 15) is 23.6 Å². The molecular formula is C27H23FO7. The fourth-order valence-electron chi connectivity index (χ4n) is 2.36. The molecule has 0 aliphatic carbocycles. The quantitative estimate of drug-likeness (QED) is 0.212. The summed E-state index contributed by atoms with van der Waals surface area (Å²) < 4.78 is 29.5. The molecule has 0 aromatic heterocycles. The summed E-state index contributed by atoms with van der Waals surface area (Å²) in [5.41, 5.74) is 0.795. The first kappa shape index (κ1) is 26.7. The SMILES string of the molecule is C=C(C)C(=O)Oc1ccc(C(=O)C=Cc2ccc(OC(=O)C(=C)C)c(OC(=O)C(=C)C)c2)cc1F. The molecule has 0 atom stereocenters. The minimum Gasteiger partial charge on any atom is -0.420 e.